The van der Waals surface area contributed by atoms with Gasteiger partial charge in [-0.1, -0.05) is 19.1 Å². The van der Waals surface area contributed by atoms with Crippen LogP contribution in [0.25, 0.3) is 0 Å². The molecule has 0 aromatic heterocycles. The second-order valence-electron chi connectivity index (χ2n) is 4.89. The average molecular weight is 289 g/mol. The van der Waals surface area contributed by atoms with Gasteiger partial charge in [-0.2, -0.15) is 13.2 Å². The number of hydrogen-bond donors (Lipinski definition) is 2. The zero-order valence-corrected chi connectivity index (χ0v) is 11.4. The summed E-state index contributed by atoms with van der Waals surface area (Å²) in [6, 6.07) is 4.44. The molecule has 1 rings (SSSR count). The van der Waals surface area contributed by atoms with Crippen molar-refractivity contribution >= 4 is 5.91 Å². The number of alkyl halides is 3. The van der Waals surface area contributed by atoms with Gasteiger partial charge in [0, 0.05) is 12.0 Å². The van der Waals surface area contributed by atoms with E-state index in [2.05, 4.69) is 5.32 Å². The lowest BCUT2D eigenvalue weighted by Crippen LogP contribution is -2.38. The van der Waals surface area contributed by atoms with Gasteiger partial charge >= 0.3 is 6.18 Å². The maximum Gasteiger partial charge on any atom is 0.416 e. The summed E-state index contributed by atoms with van der Waals surface area (Å²) >= 11 is 0. The summed E-state index contributed by atoms with van der Waals surface area (Å²) in [6.45, 7) is 3.21. The summed E-state index contributed by atoms with van der Waals surface area (Å²) < 4.78 is 37.2. The number of amides is 1. The molecule has 0 saturated carbocycles. The first-order chi connectivity index (χ1) is 9.24. The number of hydrogen-bond acceptors (Lipinski definition) is 2. The van der Waals surface area contributed by atoms with Crippen molar-refractivity contribution in [2.75, 3.05) is 6.61 Å². The van der Waals surface area contributed by atoms with Crippen molar-refractivity contribution in [1.29, 1.82) is 0 Å². The van der Waals surface area contributed by atoms with Crippen molar-refractivity contribution in [3.8, 4) is 0 Å². The Bertz CT molecular complexity index is 443. The molecule has 1 aromatic rings. The molecule has 1 aromatic carbocycles. The van der Waals surface area contributed by atoms with E-state index in [0.29, 0.717) is 12.0 Å². The molecule has 0 aliphatic rings. The number of rotatable bonds is 5. The molecule has 0 aliphatic carbocycles. The van der Waals surface area contributed by atoms with E-state index in [1.165, 1.54) is 12.1 Å². The number of aliphatic hydroxyl groups excluding tert-OH is 1. The molecule has 2 atom stereocenters. The highest BCUT2D eigenvalue weighted by Gasteiger charge is 2.30. The van der Waals surface area contributed by atoms with Gasteiger partial charge < -0.3 is 10.4 Å². The van der Waals surface area contributed by atoms with Crippen LogP contribution in [-0.2, 0) is 17.4 Å². The Hall–Kier alpha value is -1.56. The van der Waals surface area contributed by atoms with Crippen LogP contribution in [0.1, 0.15) is 25.0 Å². The molecule has 2 unspecified atom stereocenters. The molecule has 20 heavy (non-hydrogen) atoms. The fourth-order valence-electron chi connectivity index (χ4n) is 1.71. The minimum absolute atomic E-state index is 0.154. The van der Waals surface area contributed by atoms with E-state index in [4.69, 9.17) is 5.11 Å². The van der Waals surface area contributed by atoms with Gasteiger partial charge in [-0.15, -0.1) is 0 Å². The Morgan fingerprint density at radius 3 is 2.25 bits per heavy atom. The molecule has 6 heteroatoms. The van der Waals surface area contributed by atoms with Gasteiger partial charge in [-0.25, -0.2) is 0 Å². The first kappa shape index (κ1) is 16.5. The zero-order valence-electron chi connectivity index (χ0n) is 11.4. The lowest BCUT2D eigenvalue weighted by Gasteiger charge is -2.16. The third-order valence-corrected chi connectivity index (χ3v) is 2.93. The molecule has 1 amide bonds. The molecule has 3 nitrogen and oxygen atoms in total. The Morgan fingerprint density at radius 2 is 1.80 bits per heavy atom. The van der Waals surface area contributed by atoms with E-state index in [1.54, 1.807) is 13.8 Å². The smallest absolute Gasteiger partial charge is 0.394 e. The van der Waals surface area contributed by atoms with Crippen LogP contribution < -0.4 is 5.32 Å². The molecule has 0 fully saturated rings. The maximum atomic E-state index is 12.4. The highest BCUT2D eigenvalue weighted by atomic mass is 19.4. The average Bonchev–Trinajstić information content (AvgIpc) is 2.38. The molecule has 0 saturated heterocycles. The number of aliphatic hydroxyl groups is 1. The summed E-state index contributed by atoms with van der Waals surface area (Å²) in [7, 11) is 0. The van der Waals surface area contributed by atoms with E-state index in [-0.39, 0.29) is 24.5 Å². The van der Waals surface area contributed by atoms with Crippen LogP contribution >= 0.6 is 0 Å². The van der Waals surface area contributed by atoms with Gasteiger partial charge in [0.2, 0.25) is 5.91 Å². The maximum absolute atomic E-state index is 12.4. The number of carbonyl (C=O) groups excluding carboxylic acids is 1. The fourth-order valence-corrected chi connectivity index (χ4v) is 1.71. The van der Waals surface area contributed by atoms with Crippen LogP contribution in [0.15, 0.2) is 24.3 Å². The predicted octanol–water partition coefficient (Wildman–Crippen LogP) is 2.38. The van der Waals surface area contributed by atoms with Crippen molar-refractivity contribution < 1.29 is 23.1 Å². The van der Waals surface area contributed by atoms with Crippen LogP contribution in [0, 0.1) is 5.92 Å². The van der Waals surface area contributed by atoms with Crippen LogP contribution in [0.5, 0.6) is 0 Å². The summed E-state index contributed by atoms with van der Waals surface area (Å²) in [5.74, 6) is -0.604. The molecule has 0 heterocycles. The van der Waals surface area contributed by atoms with Gasteiger partial charge in [0.05, 0.1) is 12.2 Å². The standard InChI is InChI=1S/C14H18F3NO2/c1-9(13(20)18-10(2)8-19)7-11-3-5-12(6-4-11)14(15,16)17/h3-6,9-10,19H,7-8H2,1-2H3,(H,18,20). The summed E-state index contributed by atoms with van der Waals surface area (Å²) in [5.41, 5.74) is -0.0374. The lowest BCUT2D eigenvalue weighted by molar-refractivity contribution is -0.137. The van der Waals surface area contributed by atoms with Gasteiger partial charge in [0.25, 0.3) is 0 Å². The fraction of sp³-hybridized carbons (Fsp3) is 0.500. The SMILES string of the molecule is CC(CO)NC(=O)C(C)Cc1ccc(C(F)(F)F)cc1. The van der Waals surface area contributed by atoms with E-state index in [9.17, 15) is 18.0 Å². The van der Waals surface area contributed by atoms with Crippen LogP contribution in [0.3, 0.4) is 0 Å². The Balaban J connectivity index is 2.62. The molecule has 0 aliphatic heterocycles. The molecule has 0 radical (unpaired) electrons. The van der Waals surface area contributed by atoms with Crippen molar-refractivity contribution in [2.45, 2.75) is 32.5 Å². The minimum atomic E-state index is -4.35. The van der Waals surface area contributed by atoms with E-state index in [0.717, 1.165) is 12.1 Å². The zero-order chi connectivity index (χ0) is 15.3. The van der Waals surface area contributed by atoms with Gasteiger partial charge in [-0.3, -0.25) is 4.79 Å². The monoisotopic (exact) mass is 289 g/mol. The lowest BCUT2D eigenvalue weighted by atomic mass is 9.99. The Morgan fingerprint density at radius 1 is 1.25 bits per heavy atom. The number of halogens is 3. The molecule has 112 valence electrons. The van der Waals surface area contributed by atoms with E-state index in [1.807, 2.05) is 0 Å². The van der Waals surface area contributed by atoms with Gasteiger partial charge in [-0.05, 0) is 31.0 Å². The second-order valence-corrected chi connectivity index (χ2v) is 4.89. The predicted molar refractivity (Wildman–Crippen MR) is 69.0 cm³/mol. The van der Waals surface area contributed by atoms with Crippen LogP contribution in [0.2, 0.25) is 0 Å². The van der Waals surface area contributed by atoms with Gasteiger partial charge in [0.15, 0.2) is 0 Å². The molecule has 0 bridgehead atoms. The highest BCUT2D eigenvalue weighted by Crippen LogP contribution is 2.29. The number of carbonyl (C=O) groups is 1. The molecule has 0 spiro atoms. The third kappa shape index (κ3) is 4.85. The highest BCUT2D eigenvalue weighted by molar-refractivity contribution is 5.78. The van der Waals surface area contributed by atoms with Crippen molar-refractivity contribution in [3.63, 3.8) is 0 Å². The second kappa shape index (κ2) is 6.74. The van der Waals surface area contributed by atoms with Crippen molar-refractivity contribution in [3.05, 3.63) is 35.4 Å². The van der Waals surface area contributed by atoms with E-state index >= 15 is 0 Å². The molecule has 2 N–H and O–H groups in total. The first-order valence-electron chi connectivity index (χ1n) is 6.31. The summed E-state index contributed by atoms with van der Waals surface area (Å²) in [6.07, 6.45) is -4.00. The number of nitrogens with one attached hydrogen (secondary N) is 1. The largest absolute Gasteiger partial charge is 0.416 e. The third-order valence-electron chi connectivity index (χ3n) is 2.93. The van der Waals surface area contributed by atoms with Crippen molar-refractivity contribution in [1.82, 2.24) is 5.32 Å². The van der Waals surface area contributed by atoms with Crippen LogP contribution in [-0.4, -0.2) is 23.7 Å². The molecular weight excluding hydrogens is 271 g/mol. The Kier molecular flexibility index (Phi) is 5.56. The Labute approximate surface area is 115 Å². The van der Waals surface area contributed by atoms with Crippen molar-refractivity contribution in [2.24, 2.45) is 5.92 Å². The van der Waals surface area contributed by atoms with Crippen LogP contribution in [0.4, 0.5) is 13.2 Å². The summed E-state index contributed by atoms with van der Waals surface area (Å²) in [5, 5.41) is 11.5. The van der Waals surface area contributed by atoms with Gasteiger partial charge in [0.1, 0.15) is 0 Å². The minimum Gasteiger partial charge on any atom is -0.394 e. The quantitative estimate of drug-likeness (QED) is 0.874. The number of benzene rings is 1. The summed E-state index contributed by atoms with van der Waals surface area (Å²) in [4.78, 5) is 11.7. The molecular formula is C14H18F3NO2. The topological polar surface area (TPSA) is 49.3 Å². The first-order valence-corrected chi connectivity index (χ1v) is 6.31. The van der Waals surface area contributed by atoms with E-state index < -0.39 is 11.7 Å². The normalized spacial score (nSPS) is 14.7.